The zero-order valence-electron chi connectivity index (χ0n) is 11.7. The van der Waals surface area contributed by atoms with Crippen LogP contribution in [0.15, 0.2) is 34.3 Å². The van der Waals surface area contributed by atoms with Crippen LogP contribution in [-0.4, -0.2) is 20.7 Å². The Kier molecular flexibility index (Phi) is 3.57. The minimum atomic E-state index is -0.259. The average Bonchev–Trinajstić information content (AvgIpc) is 3.17. The largest absolute Gasteiger partial charge is 0.463 e. The third-order valence-corrected chi connectivity index (χ3v) is 3.77. The molecule has 3 heterocycles. The highest BCUT2D eigenvalue weighted by Crippen LogP contribution is 2.25. The number of aromatic nitrogens is 3. The summed E-state index contributed by atoms with van der Waals surface area (Å²) in [5.41, 5.74) is 2.05. The molecule has 1 N–H and O–H groups in total. The molecule has 0 bridgehead atoms. The zero-order valence-corrected chi connectivity index (χ0v) is 12.5. The first kappa shape index (κ1) is 13.6. The fourth-order valence-electron chi connectivity index (χ4n) is 1.97. The third-order valence-electron chi connectivity index (χ3n) is 3.01. The van der Waals surface area contributed by atoms with Crippen LogP contribution >= 0.6 is 11.3 Å². The molecule has 0 saturated heterocycles. The summed E-state index contributed by atoms with van der Waals surface area (Å²) < 4.78 is 7.05. The zero-order chi connectivity index (χ0) is 14.8. The number of hydrogen-bond donors (Lipinski definition) is 1. The summed E-state index contributed by atoms with van der Waals surface area (Å²) in [6.45, 7) is 4.64. The lowest BCUT2D eigenvalue weighted by Gasteiger charge is -1.98. The van der Waals surface area contributed by atoms with Crippen LogP contribution in [0.4, 0.5) is 5.13 Å². The molecular formula is C14H14N4O2S. The third kappa shape index (κ3) is 2.73. The number of nitrogens with one attached hydrogen (secondary N) is 1. The Bertz CT molecular complexity index is 758. The number of carbonyl (C=O) groups is 1. The van der Waals surface area contributed by atoms with E-state index in [0.717, 1.165) is 12.2 Å². The van der Waals surface area contributed by atoms with Crippen molar-refractivity contribution in [2.45, 2.75) is 20.4 Å². The summed E-state index contributed by atoms with van der Waals surface area (Å²) in [7, 11) is 0. The smallest absolute Gasteiger partial charge is 0.277 e. The van der Waals surface area contributed by atoms with Crippen molar-refractivity contribution in [3.8, 4) is 11.5 Å². The second kappa shape index (κ2) is 5.53. The summed E-state index contributed by atoms with van der Waals surface area (Å²) in [5, 5.41) is 9.36. The molecule has 0 saturated carbocycles. The van der Waals surface area contributed by atoms with Crippen LogP contribution in [0.1, 0.15) is 23.1 Å². The Labute approximate surface area is 125 Å². The predicted octanol–water partition coefficient (Wildman–Crippen LogP) is 3.18. The standard InChI is InChI=1S/C14H14N4O2S/c1-3-18-9(2)7-10(17-18)13(19)16-14-15-11(8-21-14)12-5-4-6-20-12/h4-8H,3H2,1-2H3,(H,15,16,19). The first-order chi connectivity index (χ1) is 10.2. The molecule has 0 spiro atoms. The topological polar surface area (TPSA) is 73.0 Å². The Morgan fingerprint density at radius 2 is 2.38 bits per heavy atom. The second-order valence-electron chi connectivity index (χ2n) is 4.46. The molecule has 3 rings (SSSR count). The molecule has 0 aromatic carbocycles. The van der Waals surface area contributed by atoms with Crippen molar-refractivity contribution in [2.24, 2.45) is 0 Å². The van der Waals surface area contributed by atoms with Gasteiger partial charge in [-0.3, -0.25) is 14.8 Å². The van der Waals surface area contributed by atoms with Crippen molar-refractivity contribution in [3.63, 3.8) is 0 Å². The van der Waals surface area contributed by atoms with E-state index in [-0.39, 0.29) is 5.91 Å². The molecular weight excluding hydrogens is 288 g/mol. The lowest BCUT2D eigenvalue weighted by molar-refractivity contribution is 0.102. The van der Waals surface area contributed by atoms with Crippen LogP contribution in [0.2, 0.25) is 0 Å². The summed E-state index contributed by atoms with van der Waals surface area (Å²) in [4.78, 5) is 16.5. The number of furan rings is 1. The highest BCUT2D eigenvalue weighted by Gasteiger charge is 2.14. The van der Waals surface area contributed by atoms with Gasteiger partial charge in [0.2, 0.25) is 0 Å². The van der Waals surface area contributed by atoms with Crippen molar-refractivity contribution < 1.29 is 9.21 Å². The monoisotopic (exact) mass is 302 g/mol. The molecule has 108 valence electrons. The van der Waals surface area contributed by atoms with Crippen molar-refractivity contribution in [1.29, 1.82) is 0 Å². The maximum Gasteiger partial charge on any atom is 0.277 e. The van der Waals surface area contributed by atoms with Gasteiger partial charge in [-0.2, -0.15) is 5.10 Å². The van der Waals surface area contributed by atoms with Crippen LogP contribution in [0, 0.1) is 6.92 Å². The molecule has 0 fully saturated rings. The summed E-state index contributed by atoms with van der Waals surface area (Å²) in [5.74, 6) is 0.420. The summed E-state index contributed by atoms with van der Waals surface area (Å²) in [6.07, 6.45) is 1.59. The molecule has 0 atom stereocenters. The van der Waals surface area contributed by atoms with Gasteiger partial charge in [0.05, 0.1) is 6.26 Å². The Hall–Kier alpha value is -2.41. The van der Waals surface area contributed by atoms with Crippen molar-refractivity contribution in [1.82, 2.24) is 14.8 Å². The lowest BCUT2D eigenvalue weighted by Crippen LogP contribution is -2.13. The second-order valence-corrected chi connectivity index (χ2v) is 5.31. The minimum absolute atomic E-state index is 0.259. The van der Waals surface area contributed by atoms with Gasteiger partial charge in [-0.25, -0.2) is 4.98 Å². The van der Waals surface area contributed by atoms with E-state index in [9.17, 15) is 4.79 Å². The maximum atomic E-state index is 12.1. The molecule has 0 aliphatic carbocycles. The molecule has 0 radical (unpaired) electrons. The van der Waals surface area contributed by atoms with Crippen molar-refractivity contribution >= 4 is 22.4 Å². The Morgan fingerprint density at radius 3 is 3.05 bits per heavy atom. The summed E-state index contributed by atoms with van der Waals surface area (Å²) >= 11 is 1.35. The number of nitrogens with zero attached hydrogens (tertiary/aromatic N) is 3. The van der Waals surface area contributed by atoms with E-state index in [0.29, 0.717) is 22.3 Å². The van der Waals surface area contributed by atoms with Gasteiger partial charge in [0.25, 0.3) is 5.91 Å². The van der Waals surface area contributed by atoms with Gasteiger partial charge in [0, 0.05) is 17.6 Å². The Morgan fingerprint density at radius 1 is 1.52 bits per heavy atom. The minimum Gasteiger partial charge on any atom is -0.463 e. The maximum absolute atomic E-state index is 12.1. The number of hydrogen-bond acceptors (Lipinski definition) is 5. The van der Waals surface area contributed by atoms with E-state index in [1.54, 1.807) is 23.1 Å². The summed E-state index contributed by atoms with van der Waals surface area (Å²) in [6, 6.07) is 5.39. The first-order valence-electron chi connectivity index (χ1n) is 6.52. The van der Waals surface area contributed by atoms with E-state index in [1.807, 2.05) is 25.3 Å². The van der Waals surface area contributed by atoms with E-state index >= 15 is 0 Å². The Balaban J connectivity index is 1.75. The van der Waals surface area contributed by atoms with Crippen LogP contribution in [0.5, 0.6) is 0 Å². The van der Waals surface area contributed by atoms with Crippen LogP contribution < -0.4 is 5.32 Å². The van der Waals surface area contributed by atoms with Crippen LogP contribution in [0.3, 0.4) is 0 Å². The fraction of sp³-hybridized carbons (Fsp3) is 0.214. The van der Waals surface area contributed by atoms with E-state index in [2.05, 4.69) is 15.4 Å². The molecule has 6 nitrogen and oxygen atoms in total. The van der Waals surface area contributed by atoms with E-state index in [1.165, 1.54) is 11.3 Å². The highest BCUT2D eigenvalue weighted by atomic mass is 32.1. The van der Waals surface area contributed by atoms with Crippen molar-refractivity contribution in [3.05, 3.63) is 41.2 Å². The molecule has 0 aliphatic heterocycles. The van der Waals surface area contributed by atoms with Gasteiger partial charge in [-0.1, -0.05) is 0 Å². The predicted molar refractivity (Wildman–Crippen MR) is 80.4 cm³/mol. The van der Waals surface area contributed by atoms with Gasteiger partial charge in [-0.15, -0.1) is 11.3 Å². The quantitative estimate of drug-likeness (QED) is 0.803. The molecule has 1 amide bonds. The molecule has 3 aromatic heterocycles. The van der Waals surface area contributed by atoms with Gasteiger partial charge in [0.15, 0.2) is 16.6 Å². The molecule has 0 aliphatic rings. The van der Waals surface area contributed by atoms with Gasteiger partial charge < -0.3 is 4.42 Å². The molecule has 3 aromatic rings. The van der Waals surface area contributed by atoms with Crippen LogP contribution in [-0.2, 0) is 6.54 Å². The van der Waals surface area contributed by atoms with Gasteiger partial charge >= 0.3 is 0 Å². The average molecular weight is 302 g/mol. The number of thiazole rings is 1. The van der Waals surface area contributed by atoms with Crippen molar-refractivity contribution in [2.75, 3.05) is 5.32 Å². The number of anilines is 1. The molecule has 21 heavy (non-hydrogen) atoms. The molecule has 7 heteroatoms. The van der Waals surface area contributed by atoms with Gasteiger partial charge in [-0.05, 0) is 32.0 Å². The SMILES string of the molecule is CCn1nc(C(=O)Nc2nc(-c3ccco3)cs2)cc1C. The highest BCUT2D eigenvalue weighted by molar-refractivity contribution is 7.14. The number of amides is 1. The first-order valence-corrected chi connectivity index (χ1v) is 7.40. The number of rotatable bonds is 4. The number of carbonyl (C=O) groups excluding carboxylic acids is 1. The van der Waals surface area contributed by atoms with E-state index in [4.69, 9.17) is 4.42 Å². The van der Waals surface area contributed by atoms with E-state index < -0.39 is 0 Å². The van der Waals surface area contributed by atoms with Crippen LogP contribution in [0.25, 0.3) is 11.5 Å². The lowest BCUT2D eigenvalue weighted by atomic mass is 10.3. The molecule has 0 unspecified atom stereocenters. The fourth-order valence-corrected chi connectivity index (χ4v) is 2.67. The van der Waals surface area contributed by atoms with Gasteiger partial charge in [0.1, 0.15) is 5.69 Å². The normalized spacial score (nSPS) is 10.8. The number of aryl methyl sites for hydroxylation is 2.